The van der Waals surface area contributed by atoms with Gasteiger partial charge in [0.2, 0.25) is 11.7 Å². The number of piperazine rings is 1. The van der Waals surface area contributed by atoms with Crippen LogP contribution in [0.25, 0.3) is 5.69 Å². The fraction of sp³-hybridized carbons (Fsp3) is 0.348. The Kier molecular flexibility index (Phi) is 5.65. The summed E-state index contributed by atoms with van der Waals surface area (Å²) in [6, 6.07) is 12.9. The van der Waals surface area contributed by atoms with Crippen LogP contribution in [0.15, 0.2) is 48.8 Å². The van der Waals surface area contributed by atoms with Crippen LogP contribution in [0.4, 0.5) is 0 Å². The van der Waals surface area contributed by atoms with Gasteiger partial charge in [-0.2, -0.15) is 0 Å². The number of benzene rings is 1. The van der Waals surface area contributed by atoms with Crippen LogP contribution >= 0.6 is 0 Å². The Balaban J connectivity index is 1.49. The number of rotatable bonds is 4. The van der Waals surface area contributed by atoms with Crippen LogP contribution in [0.1, 0.15) is 40.5 Å². The topological polar surface area (TPSA) is 93.5 Å². The maximum absolute atomic E-state index is 13.2. The molecule has 0 unspecified atom stereocenters. The first-order chi connectivity index (χ1) is 15.3. The number of nitrogens with zero attached hydrogens (tertiary/aromatic N) is 6. The van der Waals surface area contributed by atoms with E-state index < -0.39 is 5.54 Å². The molecule has 9 heteroatoms. The number of hydrogen-bond acceptors (Lipinski definition) is 6. The molecule has 3 heterocycles. The molecule has 0 saturated carbocycles. The van der Waals surface area contributed by atoms with Gasteiger partial charge in [-0.15, -0.1) is 5.10 Å². The molecule has 0 N–H and O–H groups in total. The van der Waals surface area contributed by atoms with Crippen molar-refractivity contribution < 1.29 is 14.3 Å². The first-order valence-electron chi connectivity index (χ1n) is 10.4. The first-order valence-corrected chi connectivity index (χ1v) is 10.4. The van der Waals surface area contributed by atoms with Crippen LogP contribution in [-0.4, -0.2) is 73.6 Å². The zero-order valence-electron chi connectivity index (χ0n) is 18.6. The Hall–Kier alpha value is -3.75. The van der Waals surface area contributed by atoms with E-state index in [-0.39, 0.29) is 17.6 Å². The Morgan fingerprint density at radius 1 is 1.06 bits per heavy atom. The van der Waals surface area contributed by atoms with Gasteiger partial charge in [0.25, 0.3) is 11.8 Å². The van der Waals surface area contributed by atoms with E-state index in [1.807, 2.05) is 45.0 Å². The standard InChI is InChI=1S/C23H26N6O3/c1-16-7-5-8-17(13-16)29-15-24-20(26-29)22(31)28-12-11-27(14-23(28,2)3)21(30)18-9-6-10-19(25-18)32-4/h5-10,13,15H,11-12,14H2,1-4H3. The predicted molar refractivity (Wildman–Crippen MR) is 118 cm³/mol. The van der Waals surface area contributed by atoms with Gasteiger partial charge in [-0.05, 0) is 44.5 Å². The molecule has 0 spiro atoms. The van der Waals surface area contributed by atoms with E-state index >= 15 is 0 Å². The fourth-order valence-electron chi connectivity index (χ4n) is 3.89. The summed E-state index contributed by atoms with van der Waals surface area (Å²) in [5.74, 6) is 0.0759. The lowest BCUT2D eigenvalue weighted by molar-refractivity contribution is 0.0158. The third-order valence-electron chi connectivity index (χ3n) is 5.54. The Bertz CT molecular complexity index is 1160. The van der Waals surface area contributed by atoms with Gasteiger partial charge in [0.05, 0.1) is 18.3 Å². The SMILES string of the molecule is COc1cccc(C(=O)N2CCN(C(=O)c3ncn(-c4cccc(C)c4)n3)C(C)(C)C2)n1. The third-order valence-corrected chi connectivity index (χ3v) is 5.54. The number of hydrogen-bond donors (Lipinski definition) is 0. The van der Waals surface area contributed by atoms with Crippen molar-refractivity contribution in [3.8, 4) is 11.6 Å². The van der Waals surface area contributed by atoms with Crippen molar-refractivity contribution >= 4 is 11.8 Å². The van der Waals surface area contributed by atoms with Gasteiger partial charge >= 0.3 is 0 Å². The molecule has 1 aromatic carbocycles. The van der Waals surface area contributed by atoms with E-state index in [4.69, 9.17) is 4.74 Å². The second-order valence-corrected chi connectivity index (χ2v) is 8.41. The lowest BCUT2D eigenvalue weighted by Crippen LogP contribution is -2.62. The molecular formula is C23H26N6O3. The molecule has 0 aliphatic carbocycles. The van der Waals surface area contributed by atoms with Gasteiger partial charge in [-0.1, -0.05) is 18.2 Å². The molecule has 4 rings (SSSR count). The normalized spacial score (nSPS) is 15.5. The minimum Gasteiger partial charge on any atom is -0.481 e. The summed E-state index contributed by atoms with van der Waals surface area (Å²) in [5, 5.41) is 4.39. The third kappa shape index (κ3) is 4.18. The van der Waals surface area contributed by atoms with Gasteiger partial charge in [0.1, 0.15) is 12.0 Å². The van der Waals surface area contributed by atoms with Gasteiger partial charge in [-0.25, -0.2) is 14.6 Å². The van der Waals surface area contributed by atoms with Gasteiger partial charge in [0.15, 0.2) is 0 Å². The molecule has 1 aliphatic heterocycles. The minimum atomic E-state index is -0.599. The number of ether oxygens (including phenoxy) is 1. The maximum Gasteiger partial charge on any atom is 0.294 e. The lowest BCUT2D eigenvalue weighted by Gasteiger charge is -2.46. The number of carbonyl (C=O) groups is 2. The Labute approximate surface area is 186 Å². The van der Waals surface area contributed by atoms with Crippen molar-refractivity contribution in [1.29, 1.82) is 0 Å². The van der Waals surface area contributed by atoms with Crippen LogP contribution in [-0.2, 0) is 0 Å². The van der Waals surface area contributed by atoms with Crippen molar-refractivity contribution in [2.24, 2.45) is 0 Å². The zero-order valence-corrected chi connectivity index (χ0v) is 18.6. The highest BCUT2D eigenvalue weighted by Crippen LogP contribution is 2.24. The molecule has 2 aromatic heterocycles. The van der Waals surface area contributed by atoms with Crippen LogP contribution in [0.5, 0.6) is 5.88 Å². The molecule has 3 aromatic rings. The molecule has 1 aliphatic rings. The summed E-state index contributed by atoms with van der Waals surface area (Å²) in [6.45, 7) is 7.00. The summed E-state index contributed by atoms with van der Waals surface area (Å²) in [6.07, 6.45) is 1.54. The lowest BCUT2D eigenvalue weighted by atomic mass is 9.98. The number of aryl methyl sites for hydroxylation is 1. The molecule has 9 nitrogen and oxygen atoms in total. The van der Waals surface area contributed by atoms with E-state index in [2.05, 4.69) is 15.1 Å². The van der Waals surface area contributed by atoms with Crippen molar-refractivity contribution in [3.63, 3.8) is 0 Å². The predicted octanol–water partition coefficient (Wildman–Crippen LogP) is 2.36. The minimum absolute atomic E-state index is 0.133. The van der Waals surface area contributed by atoms with Crippen molar-refractivity contribution in [2.75, 3.05) is 26.7 Å². The smallest absolute Gasteiger partial charge is 0.294 e. The average molecular weight is 435 g/mol. The van der Waals surface area contributed by atoms with Crippen LogP contribution in [0.2, 0.25) is 0 Å². The molecule has 166 valence electrons. The van der Waals surface area contributed by atoms with E-state index in [0.29, 0.717) is 31.2 Å². The van der Waals surface area contributed by atoms with Gasteiger partial charge < -0.3 is 14.5 Å². The molecule has 0 atom stereocenters. The number of pyridine rings is 1. The molecule has 32 heavy (non-hydrogen) atoms. The second-order valence-electron chi connectivity index (χ2n) is 8.41. The van der Waals surface area contributed by atoms with Crippen LogP contribution in [0.3, 0.4) is 0 Å². The molecule has 0 radical (unpaired) electrons. The molecular weight excluding hydrogens is 408 g/mol. The van der Waals surface area contributed by atoms with Gasteiger partial charge in [0, 0.05) is 25.7 Å². The average Bonchev–Trinajstić information content (AvgIpc) is 3.28. The van der Waals surface area contributed by atoms with Crippen LogP contribution in [0, 0.1) is 6.92 Å². The van der Waals surface area contributed by atoms with Crippen molar-refractivity contribution in [3.05, 3.63) is 65.9 Å². The second kappa shape index (κ2) is 8.41. The number of carbonyl (C=O) groups excluding carboxylic acids is 2. The maximum atomic E-state index is 13.2. The quantitative estimate of drug-likeness (QED) is 0.626. The van der Waals surface area contributed by atoms with Gasteiger partial charge in [-0.3, -0.25) is 9.59 Å². The summed E-state index contributed by atoms with van der Waals surface area (Å²) in [7, 11) is 1.51. The Morgan fingerprint density at radius 3 is 2.56 bits per heavy atom. The molecule has 1 saturated heterocycles. The van der Waals surface area contributed by atoms with Crippen LogP contribution < -0.4 is 4.74 Å². The van der Waals surface area contributed by atoms with E-state index in [1.165, 1.54) is 7.11 Å². The van der Waals surface area contributed by atoms with E-state index in [1.54, 1.807) is 39.0 Å². The summed E-state index contributed by atoms with van der Waals surface area (Å²) in [5.41, 5.74) is 1.66. The summed E-state index contributed by atoms with van der Waals surface area (Å²) in [4.78, 5) is 38.1. The highest BCUT2D eigenvalue weighted by Gasteiger charge is 2.40. The molecule has 1 fully saturated rings. The van der Waals surface area contributed by atoms with Crippen molar-refractivity contribution in [1.82, 2.24) is 29.5 Å². The van der Waals surface area contributed by atoms with E-state index in [0.717, 1.165) is 11.3 Å². The first kappa shape index (κ1) is 21.5. The summed E-state index contributed by atoms with van der Waals surface area (Å²) < 4.78 is 6.72. The van der Waals surface area contributed by atoms with Crippen molar-refractivity contribution in [2.45, 2.75) is 26.3 Å². The summed E-state index contributed by atoms with van der Waals surface area (Å²) >= 11 is 0. The fourth-order valence-corrected chi connectivity index (χ4v) is 3.89. The monoisotopic (exact) mass is 434 g/mol. The molecule has 2 amide bonds. The number of aromatic nitrogens is 4. The van der Waals surface area contributed by atoms with E-state index in [9.17, 15) is 9.59 Å². The largest absolute Gasteiger partial charge is 0.481 e. The Morgan fingerprint density at radius 2 is 1.84 bits per heavy atom. The highest BCUT2D eigenvalue weighted by atomic mass is 16.5. The molecule has 0 bridgehead atoms. The highest BCUT2D eigenvalue weighted by molar-refractivity contribution is 5.94. The zero-order chi connectivity index (χ0) is 22.9. The number of methoxy groups -OCH3 is 1. The number of amides is 2.